The average Bonchev–Trinajstić information content (AvgIpc) is 2.94. The van der Waals surface area contributed by atoms with Crippen molar-refractivity contribution >= 4 is 11.3 Å². The molecule has 0 spiro atoms. The molecule has 0 saturated carbocycles. The summed E-state index contributed by atoms with van der Waals surface area (Å²) in [6.07, 6.45) is 9.72. The van der Waals surface area contributed by atoms with Crippen LogP contribution in [0.15, 0.2) is 37.2 Å². The standard InChI is InChI=1S/C11H9N5O/c1-15-7-8(4-13-15)11(17)9-5-14-16-3-2-12-6-10(9)16/h2-7H,1H3. The Bertz CT molecular complexity index is 697. The Morgan fingerprint density at radius 1 is 1.24 bits per heavy atom. The summed E-state index contributed by atoms with van der Waals surface area (Å²) in [5.74, 6) is -0.0962. The first-order chi connectivity index (χ1) is 8.25. The fourth-order valence-corrected chi connectivity index (χ4v) is 1.70. The minimum absolute atomic E-state index is 0.0962. The number of rotatable bonds is 2. The lowest BCUT2D eigenvalue weighted by Gasteiger charge is -1.95. The number of fused-ring (bicyclic) bond motifs is 1. The van der Waals surface area contributed by atoms with Crippen LogP contribution in [0.5, 0.6) is 0 Å². The van der Waals surface area contributed by atoms with Crippen LogP contribution in [0.2, 0.25) is 0 Å². The SMILES string of the molecule is Cn1cc(C(=O)c2cnn3ccncc23)cn1. The van der Waals surface area contributed by atoms with Gasteiger partial charge < -0.3 is 0 Å². The monoisotopic (exact) mass is 227 g/mol. The number of carbonyl (C=O) groups excluding carboxylic acids is 1. The van der Waals surface area contributed by atoms with E-state index in [0.29, 0.717) is 16.6 Å². The van der Waals surface area contributed by atoms with E-state index in [1.165, 1.54) is 0 Å². The molecular weight excluding hydrogens is 218 g/mol. The number of hydrogen-bond acceptors (Lipinski definition) is 4. The van der Waals surface area contributed by atoms with Gasteiger partial charge in [0.25, 0.3) is 0 Å². The van der Waals surface area contributed by atoms with Crippen LogP contribution in [-0.2, 0) is 7.05 Å². The van der Waals surface area contributed by atoms with Gasteiger partial charge in [0.15, 0.2) is 5.78 Å². The van der Waals surface area contributed by atoms with Crippen LogP contribution in [0.3, 0.4) is 0 Å². The second-order valence-electron chi connectivity index (χ2n) is 3.70. The van der Waals surface area contributed by atoms with E-state index in [2.05, 4.69) is 15.2 Å². The van der Waals surface area contributed by atoms with E-state index in [1.54, 1.807) is 53.4 Å². The molecule has 0 bridgehead atoms. The van der Waals surface area contributed by atoms with Gasteiger partial charge in [-0.1, -0.05) is 0 Å². The highest BCUT2D eigenvalue weighted by Gasteiger charge is 2.15. The van der Waals surface area contributed by atoms with Crippen LogP contribution in [0, 0.1) is 0 Å². The molecule has 0 unspecified atom stereocenters. The molecule has 0 N–H and O–H groups in total. The smallest absolute Gasteiger partial charge is 0.200 e. The highest BCUT2D eigenvalue weighted by Crippen LogP contribution is 2.13. The van der Waals surface area contributed by atoms with Gasteiger partial charge in [0.2, 0.25) is 0 Å². The van der Waals surface area contributed by atoms with E-state index in [4.69, 9.17) is 0 Å². The molecule has 3 rings (SSSR count). The van der Waals surface area contributed by atoms with Gasteiger partial charge in [-0.3, -0.25) is 14.5 Å². The van der Waals surface area contributed by atoms with E-state index in [1.807, 2.05) is 0 Å². The zero-order valence-electron chi connectivity index (χ0n) is 9.11. The molecule has 0 aliphatic carbocycles. The fourth-order valence-electron chi connectivity index (χ4n) is 1.70. The topological polar surface area (TPSA) is 65.1 Å². The minimum atomic E-state index is -0.0962. The predicted molar refractivity (Wildman–Crippen MR) is 59.6 cm³/mol. The van der Waals surface area contributed by atoms with Crippen molar-refractivity contribution in [2.24, 2.45) is 7.05 Å². The van der Waals surface area contributed by atoms with Gasteiger partial charge in [-0.2, -0.15) is 10.2 Å². The maximum atomic E-state index is 12.2. The summed E-state index contributed by atoms with van der Waals surface area (Å²) >= 11 is 0. The van der Waals surface area contributed by atoms with Gasteiger partial charge in [0.1, 0.15) is 0 Å². The number of carbonyl (C=O) groups is 1. The summed E-state index contributed by atoms with van der Waals surface area (Å²) < 4.78 is 3.22. The van der Waals surface area contributed by atoms with Gasteiger partial charge in [-0.05, 0) is 0 Å². The number of nitrogens with zero attached hydrogens (tertiary/aromatic N) is 5. The summed E-state index contributed by atoms with van der Waals surface area (Å²) in [4.78, 5) is 16.2. The largest absolute Gasteiger partial charge is 0.288 e. The van der Waals surface area contributed by atoms with E-state index >= 15 is 0 Å². The Kier molecular flexibility index (Phi) is 2.01. The van der Waals surface area contributed by atoms with Gasteiger partial charge in [-0.15, -0.1) is 0 Å². The Morgan fingerprint density at radius 2 is 2.12 bits per heavy atom. The summed E-state index contributed by atoms with van der Waals surface area (Å²) in [6, 6.07) is 0. The van der Waals surface area contributed by atoms with Crippen molar-refractivity contribution in [1.82, 2.24) is 24.4 Å². The molecule has 17 heavy (non-hydrogen) atoms. The third kappa shape index (κ3) is 1.50. The molecule has 0 saturated heterocycles. The van der Waals surface area contributed by atoms with Crippen LogP contribution < -0.4 is 0 Å². The summed E-state index contributed by atoms with van der Waals surface area (Å²) in [5, 5.41) is 8.08. The molecule has 0 radical (unpaired) electrons. The summed E-state index contributed by atoms with van der Waals surface area (Å²) in [5.41, 5.74) is 1.78. The van der Waals surface area contributed by atoms with E-state index in [0.717, 1.165) is 0 Å². The van der Waals surface area contributed by atoms with E-state index < -0.39 is 0 Å². The Hall–Kier alpha value is -2.50. The molecule has 0 aromatic carbocycles. The number of ketones is 1. The second-order valence-corrected chi connectivity index (χ2v) is 3.70. The van der Waals surface area contributed by atoms with Crippen molar-refractivity contribution in [3.63, 3.8) is 0 Å². The highest BCUT2D eigenvalue weighted by molar-refractivity contribution is 6.12. The Labute approximate surface area is 96.5 Å². The molecule has 6 heteroatoms. The third-order valence-corrected chi connectivity index (χ3v) is 2.54. The van der Waals surface area contributed by atoms with Crippen LogP contribution in [0.4, 0.5) is 0 Å². The molecule has 0 atom stereocenters. The lowest BCUT2D eigenvalue weighted by Crippen LogP contribution is -1.99. The van der Waals surface area contributed by atoms with Crippen LogP contribution in [-0.4, -0.2) is 30.2 Å². The van der Waals surface area contributed by atoms with Crippen LogP contribution in [0.25, 0.3) is 5.52 Å². The van der Waals surface area contributed by atoms with Crippen LogP contribution >= 0.6 is 0 Å². The van der Waals surface area contributed by atoms with Gasteiger partial charge >= 0.3 is 0 Å². The first kappa shape index (κ1) is 9.71. The quantitative estimate of drug-likeness (QED) is 0.604. The van der Waals surface area contributed by atoms with Gasteiger partial charge in [0, 0.05) is 25.6 Å². The molecular formula is C11H9N5O. The second kappa shape index (κ2) is 3.51. The zero-order valence-corrected chi connectivity index (χ0v) is 9.11. The lowest BCUT2D eigenvalue weighted by atomic mass is 10.1. The summed E-state index contributed by atoms with van der Waals surface area (Å²) in [6.45, 7) is 0. The van der Waals surface area contributed by atoms with Gasteiger partial charge in [-0.25, -0.2) is 4.52 Å². The predicted octanol–water partition coefficient (Wildman–Crippen LogP) is 0.694. The molecule has 3 aromatic heterocycles. The van der Waals surface area contributed by atoms with E-state index in [9.17, 15) is 4.79 Å². The third-order valence-electron chi connectivity index (χ3n) is 2.54. The lowest BCUT2D eigenvalue weighted by molar-refractivity contribution is 0.104. The maximum absolute atomic E-state index is 12.2. The van der Waals surface area contributed by atoms with Crippen molar-refractivity contribution < 1.29 is 4.79 Å². The molecule has 0 fully saturated rings. The molecule has 3 heterocycles. The maximum Gasteiger partial charge on any atom is 0.200 e. The van der Waals surface area contributed by atoms with Crippen LogP contribution in [0.1, 0.15) is 15.9 Å². The Morgan fingerprint density at radius 3 is 2.88 bits per heavy atom. The highest BCUT2D eigenvalue weighted by atomic mass is 16.1. The average molecular weight is 227 g/mol. The molecule has 0 amide bonds. The normalized spacial score (nSPS) is 10.9. The van der Waals surface area contributed by atoms with Crippen molar-refractivity contribution in [3.05, 3.63) is 48.3 Å². The molecule has 0 aliphatic rings. The first-order valence-corrected chi connectivity index (χ1v) is 5.06. The Balaban J connectivity index is 2.13. The number of aryl methyl sites for hydroxylation is 1. The molecule has 84 valence electrons. The van der Waals surface area contributed by atoms with Gasteiger partial charge in [0.05, 0.1) is 35.2 Å². The minimum Gasteiger partial charge on any atom is -0.288 e. The van der Waals surface area contributed by atoms with Crippen molar-refractivity contribution in [2.45, 2.75) is 0 Å². The summed E-state index contributed by atoms with van der Waals surface area (Å²) in [7, 11) is 1.77. The zero-order chi connectivity index (χ0) is 11.8. The van der Waals surface area contributed by atoms with E-state index in [-0.39, 0.29) is 5.78 Å². The van der Waals surface area contributed by atoms with Crippen molar-refractivity contribution in [2.75, 3.05) is 0 Å². The number of hydrogen-bond donors (Lipinski definition) is 0. The van der Waals surface area contributed by atoms with Crippen molar-refractivity contribution in [3.8, 4) is 0 Å². The molecule has 6 nitrogen and oxygen atoms in total. The molecule has 0 aliphatic heterocycles. The first-order valence-electron chi connectivity index (χ1n) is 5.06. The fraction of sp³-hybridized carbons (Fsp3) is 0.0909. The molecule has 3 aromatic rings. The number of aromatic nitrogens is 5. The van der Waals surface area contributed by atoms with Crippen molar-refractivity contribution in [1.29, 1.82) is 0 Å².